The third-order valence-electron chi connectivity index (χ3n) is 1.65. The minimum atomic E-state index is 0.0325. The molecule has 1 heterocycles. The van der Waals surface area contributed by atoms with E-state index in [0.717, 1.165) is 5.03 Å². The van der Waals surface area contributed by atoms with Crippen LogP contribution in [0.5, 0.6) is 0 Å². The standard InChI is InChI=1S/C9H10ClNOS/c1-3-7(12)6-4-5-8(13-2)11-9(6)10/h4-5H,3H2,1-2H3. The molecule has 0 radical (unpaired) electrons. The molecule has 0 aromatic carbocycles. The molecule has 13 heavy (non-hydrogen) atoms. The van der Waals surface area contributed by atoms with Crippen molar-refractivity contribution in [1.29, 1.82) is 0 Å². The molecular weight excluding hydrogens is 206 g/mol. The van der Waals surface area contributed by atoms with E-state index in [1.54, 1.807) is 19.1 Å². The van der Waals surface area contributed by atoms with Gasteiger partial charge < -0.3 is 0 Å². The highest BCUT2D eigenvalue weighted by Gasteiger charge is 2.09. The first-order chi connectivity index (χ1) is 6.19. The largest absolute Gasteiger partial charge is 0.294 e. The number of nitrogens with zero attached hydrogens (tertiary/aromatic N) is 1. The molecule has 0 N–H and O–H groups in total. The first kappa shape index (κ1) is 10.5. The van der Waals surface area contributed by atoms with Crippen LogP contribution in [0.15, 0.2) is 17.2 Å². The van der Waals surface area contributed by atoms with E-state index in [4.69, 9.17) is 11.6 Å². The maximum atomic E-state index is 11.3. The van der Waals surface area contributed by atoms with Crippen molar-refractivity contribution in [2.75, 3.05) is 6.26 Å². The van der Waals surface area contributed by atoms with Crippen LogP contribution in [0.3, 0.4) is 0 Å². The monoisotopic (exact) mass is 215 g/mol. The molecule has 0 saturated carbocycles. The van der Waals surface area contributed by atoms with Crippen LogP contribution < -0.4 is 0 Å². The molecule has 2 nitrogen and oxygen atoms in total. The van der Waals surface area contributed by atoms with Crippen LogP contribution in [0.2, 0.25) is 5.15 Å². The fraction of sp³-hybridized carbons (Fsp3) is 0.333. The fourth-order valence-corrected chi connectivity index (χ4v) is 1.63. The second-order valence-corrected chi connectivity index (χ2v) is 3.65. The minimum absolute atomic E-state index is 0.0325. The van der Waals surface area contributed by atoms with Crippen molar-refractivity contribution < 1.29 is 4.79 Å². The summed E-state index contributed by atoms with van der Waals surface area (Å²) in [5, 5.41) is 1.14. The Hall–Kier alpha value is -0.540. The Kier molecular flexibility index (Phi) is 3.75. The van der Waals surface area contributed by atoms with Crippen LogP contribution in [0.1, 0.15) is 23.7 Å². The summed E-state index contributed by atoms with van der Waals surface area (Å²) in [6, 6.07) is 3.53. The number of hydrogen-bond donors (Lipinski definition) is 0. The van der Waals surface area contributed by atoms with E-state index in [2.05, 4.69) is 4.98 Å². The van der Waals surface area contributed by atoms with Crippen LogP contribution in [-0.4, -0.2) is 17.0 Å². The average molecular weight is 216 g/mol. The van der Waals surface area contributed by atoms with E-state index < -0.39 is 0 Å². The molecule has 1 rings (SSSR count). The lowest BCUT2D eigenvalue weighted by Gasteiger charge is -2.01. The van der Waals surface area contributed by atoms with E-state index in [0.29, 0.717) is 17.1 Å². The van der Waals surface area contributed by atoms with Crippen molar-refractivity contribution >= 4 is 29.1 Å². The predicted octanol–water partition coefficient (Wildman–Crippen LogP) is 3.05. The number of rotatable bonds is 3. The van der Waals surface area contributed by atoms with Gasteiger partial charge in [0.15, 0.2) is 5.78 Å². The quantitative estimate of drug-likeness (QED) is 0.441. The Morgan fingerprint density at radius 2 is 2.31 bits per heavy atom. The summed E-state index contributed by atoms with van der Waals surface area (Å²) in [6.45, 7) is 1.81. The molecule has 1 aromatic heterocycles. The number of pyridine rings is 1. The number of thioether (sulfide) groups is 1. The summed E-state index contributed by atoms with van der Waals surface area (Å²) in [6.07, 6.45) is 2.37. The van der Waals surface area contributed by atoms with Gasteiger partial charge in [0.1, 0.15) is 5.15 Å². The lowest BCUT2D eigenvalue weighted by molar-refractivity contribution is 0.0988. The maximum Gasteiger partial charge on any atom is 0.165 e. The zero-order valence-corrected chi connectivity index (χ0v) is 9.08. The van der Waals surface area contributed by atoms with Crippen molar-refractivity contribution in [1.82, 2.24) is 4.98 Å². The molecule has 0 saturated heterocycles. The maximum absolute atomic E-state index is 11.3. The molecule has 0 aliphatic rings. The molecule has 0 aliphatic carbocycles. The number of Topliss-reactive ketones (excluding diaryl/α,β-unsaturated/α-hetero) is 1. The number of carbonyl (C=O) groups excluding carboxylic acids is 1. The smallest absolute Gasteiger partial charge is 0.165 e. The van der Waals surface area contributed by atoms with Crippen LogP contribution in [0, 0.1) is 0 Å². The van der Waals surface area contributed by atoms with Gasteiger partial charge in [-0.3, -0.25) is 4.79 Å². The molecular formula is C9H10ClNOS. The normalized spacial score (nSPS) is 10.1. The SMILES string of the molecule is CCC(=O)c1ccc(SC)nc1Cl. The van der Waals surface area contributed by atoms with E-state index in [1.165, 1.54) is 11.8 Å². The number of aromatic nitrogens is 1. The lowest BCUT2D eigenvalue weighted by Crippen LogP contribution is -1.99. The second kappa shape index (κ2) is 4.63. The van der Waals surface area contributed by atoms with E-state index in [1.807, 2.05) is 6.26 Å². The fourth-order valence-electron chi connectivity index (χ4n) is 0.930. The molecule has 0 spiro atoms. The van der Waals surface area contributed by atoms with Crippen molar-refractivity contribution in [2.24, 2.45) is 0 Å². The van der Waals surface area contributed by atoms with Gasteiger partial charge in [0.25, 0.3) is 0 Å². The number of hydrogen-bond acceptors (Lipinski definition) is 3. The summed E-state index contributed by atoms with van der Waals surface area (Å²) < 4.78 is 0. The third-order valence-corrected chi connectivity index (χ3v) is 2.59. The van der Waals surface area contributed by atoms with Gasteiger partial charge in [-0.2, -0.15) is 0 Å². The zero-order valence-electron chi connectivity index (χ0n) is 7.50. The zero-order chi connectivity index (χ0) is 9.84. The molecule has 0 aliphatic heterocycles. The summed E-state index contributed by atoms with van der Waals surface area (Å²) in [7, 11) is 0. The van der Waals surface area contributed by atoms with Crippen molar-refractivity contribution in [3.8, 4) is 0 Å². The topological polar surface area (TPSA) is 30.0 Å². The number of carbonyl (C=O) groups is 1. The van der Waals surface area contributed by atoms with Crippen LogP contribution >= 0.6 is 23.4 Å². The molecule has 1 aromatic rings. The van der Waals surface area contributed by atoms with Gasteiger partial charge in [0.2, 0.25) is 0 Å². The van der Waals surface area contributed by atoms with Gasteiger partial charge in [-0.05, 0) is 18.4 Å². The average Bonchev–Trinajstić information content (AvgIpc) is 2.16. The molecule has 0 unspecified atom stereocenters. The highest BCUT2D eigenvalue weighted by molar-refractivity contribution is 7.98. The number of halogens is 1. The van der Waals surface area contributed by atoms with Crippen molar-refractivity contribution in [2.45, 2.75) is 18.4 Å². The van der Waals surface area contributed by atoms with Crippen LogP contribution in [-0.2, 0) is 0 Å². The van der Waals surface area contributed by atoms with E-state index >= 15 is 0 Å². The van der Waals surface area contributed by atoms with Gasteiger partial charge in [0.05, 0.1) is 10.6 Å². The molecule has 4 heteroatoms. The Morgan fingerprint density at radius 3 is 2.77 bits per heavy atom. The molecule has 0 atom stereocenters. The second-order valence-electron chi connectivity index (χ2n) is 2.47. The number of ketones is 1. The minimum Gasteiger partial charge on any atom is -0.294 e. The van der Waals surface area contributed by atoms with E-state index in [9.17, 15) is 4.79 Å². The first-order valence-corrected chi connectivity index (χ1v) is 5.53. The summed E-state index contributed by atoms with van der Waals surface area (Å²) in [5.74, 6) is 0.0325. The van der Waals surface area contributed by atoms with Crippen LogP contribution in [0.4, 0.5) is 0 Å². The van der Waals surface area contributed by atoms with Crippen molar-refractivity contribution in [3.63, 3.8) is 0 Å². The summed E-state index contributed by atoms with van der Waals surface area (Å²) in [4.78, 5) is 15.4. The summed E-state index contributed by atoms with van der Waals surface area (Å²) in [5.41, 5.74) is 0.516. The van der Waals surface area contributed by atoms with Gasteiger partial charge >= 0.3 is 0 Å². The molecule has 0 bridgehead atoms. The van der Waals surface area contributed by atoms with Gasteiger partial charge in [0, 0.05) is 6.42 Å². The first-order valence-electron chi connectivity index (χ1n) is 3.92. The van der Waals surface area contributed by atoms with Crippen molar-refractivity contribution in [3.05, 3.63) is 22.8 Å². The lowest BCUT2D eigenvalue weighted by atomic mass is 10.1. The van der Waals surface area contributed by atoms with Gasteiger partial charge in [-0.15, -0.1) is 11.8 Å². The predicted molar refractivity (Wildman–Crippen MR) is 55.6 cm³/mol. The highest BCUT2D eigenvalue weighted by Crippen LogP contribution is 2.20. The Balaban J connectivity index is 3.05. The summed E-state index contributed by atoms with van der Waals surface area (Å²) >= 11 is 7.34. The highest BCUT2D eigenvalue weighted by atomic mass is 35.5. The Morgan fingerprint density at radius 1 is 1.62 bits per heavy atom. The van der Waals surface area contributed by atoms with Crippen LogP contribution in [0.25, 0.3) is 0 Å². The van der Waals surface area contributed by atoms with E-state index in [-0.39, 0.29) is 5.78 Å². The molecule has 70 valence electrons. The Labute approximate surface area is 86.7 Å². The third kappa shape index (κ3) is 2.45. The molecule has 0 fully saturated rings. The van der Waals surface area contributed by atoms with Gasteiger partial charge in [-0.25, -0.2) is 4.98 Å². The Bertz CT molecular complexity index is 327. The van der Waals surface area contributed by atoms with Gasteiger partial charge in [-0.1, -0.05) is 18.5 Å². The molecule has 0 amide bonds.